The van der Waals surface area contributed by atoms with E-state index < -0.39 is 42.2 Å². The third kappa shape index (κ3) is 5.83. The molecule has 0 aliphatic carbocycles. The molecule has 0 N–H and O–H groups in total. The number of aryl methyl sites for hydroxylation is 1. The number of benzene rings is 1. The van der Waals surface area contributed by atoms with E-state index in [4.69, 9.17) is 0 Å². The van der Waals surface area contributed by atoms with Gasteiger partial charge in [-0.2, -0.15) is 18.3 Å². The van der Waals surface area contributed by atoms with E-state index >= 15 is 0 Å². The molecule has 3 aromatic heterocycles. The first-order valence-electron chi connectivity index (χ1n) is 12.7. The van der Waals surface area contributed by atoms with Crippen molar-refractivity contribution in [2.45, 2.75) is 51.6 Å². The van der Waals surface area contributed by atoms with Gasteiger partial charge < -0.3 is 4.90 Å². The molecule has 41 heavy (non-hydrogen) atoms. The van der Waals surface area contributed by atoms with Crippen LogP contribution in [0.1, 0.15) is 41.0 Å². The van der Waals surface area contributed by atoms with E-state index in [-0.39, 0.29) is 36.7 Å². The smallest absolute Gasteiger partial charge is 0.328 e. The predicted octanol–water partition coefficient (Wildman–Crippen LogP) is 4.17. The van der Waals surface area contributed by atoms with Crippen molar-refractivity contribution in [3.05, 3.63) is 71.7 Å². The fourth-order valence-electron chi connectivity index (χ4n) is 4.90. The van der Waals surface area contributed by atoms with E-state index in [2.05, 4.69) is 20.1 Å². The summed E-state index contributed by atoms with van der Waals surface area (Å²) >= 11 is 0. The molecule has 5 rings (SSSR count). The zero-order chi connectivity index (χ0) is 29.5. The van der Waals surface area contributed by atoms with Gasteiger partial charge in [0.05, 0.1) is 24.5 Å². The Morgan fingerprint density at radius 3 is 2.46 bits per heavy atom. The van der Waals surface area contributed by atoms with Crippen molar-refractivity contribution >= 4 is 28.4 Å². The normalized spacial score (nSPS) is 17.3. The van der Waals surface area contributed by atoms with Crippen LogP contribution in [0.25, 0.3) is 22.0 Å². The minimum Gasteiger partial charge on any atom is -0.328 e. The Morgan fingerprint density at radius 2 is 1.78 bits per heavy atom. The van der Waals surface area contributed by atoms with Crippen LogP contribution in [0.15, 0.2) is 48.8 Å². The number of amides is 1. The van der Waals surface area contributed by atoms with E-state index in [0.29, 0.717) is 16.7 Å². The van der Waals surface area contributed by atoms with Crippen LogP contribution in [0, 0.1) is 6.92 Å². The summed E-state index contributed by atoms with van der Waals surface area (Å²) in [6.45, 7) is 2.38. The van der Waals surface area contributed by atoms with Gasteiger partial charge in [-0.15, -0.1) is 0 Å². The molecule has 1 fully saturated rings. The number of fused-ring (bicyclic) bond motifs is 1. The summed E-state index contributed by atoms with van der Waals surface area (Å²) in [5.74, 6) is -0.961. The number of rotatable bonds is 7. The Bertz CT molecular complexity index is 1650. The van der Waals surface area contributed by atoms with Gasteiger partial charge in [0.2, 0.25) is 5.91 Å². The molecule has 1 aromatic carbocycles. The Labute approximate surface area is 231 Å². The second-order valence-electron chi connectivity index (χ2n) is 9.86. The lowest BCUT2D eigenvalue weighted by Gasteiger charge is -2.23. The molecular formula is C28H24F4N6O3. The molecule has 1 saturated heterocycles. The van der Waals surface area contributed by atoms with Crippen LogP contribution in [0.2, 0.25) is 0 Å². The number of carbonyl (C=O) groups is 3. The summed E-state index contributed by atoms with van der Waals surface area (Å²) < 4.78 is 54.9. The molecule has 1 amide bonds. The lowest BCUT2D eigenvalue weighted by molar-refractivity contribution is -0.141. The standard InChI is InChI=1S/C28H24F4N6O3/c1-15(39)27-21-8-17(18-11-33-16(2)34-12-18)6-7-22(21)38(36-27)14-26(41)37-13-19(29)9-23(37)24(40)10-20-4-3-5-25(35-20)28(30,31)32/h3-8,11-12,19,23H,9-10,13-14H2,1-2H3/t19-,23+/m1/s1. The van der Waals surface area contributed by atoms with Crippen molar-refractivity contribution in [1.29, 1.82) is 0 Å². The highest BCUT2D eigenvalue weighted by molar-refractivity contribution is 6.06. The van der Waals surface area contributed by atoms with Crippen LogP contribution < -0.4 is 0 Å². The van der Waals surface area contributed by atoms with E-state index in [1.54, 1.807) is 37.5 Å². The lowest BCUT2D eigenvalue weighted by atomic mass is 10.0. The zero-order valence-corrected chi connectivity index (χ0v) is 22.0. The molecule has 4 heterocycles. The molecular weight excluding hydrogens is 544 g/mol. The van der Waals surface area contributed by atoms with Gasteiger partial charge in [0.25, 0.3) is 0 Å². The van der Waals surface area contributed by atoms with E-state index in [9.17, 15) is 31.9 Å². The van der Waals surface area contributed by atoms with Gasteiger partial charge in [0.15, 0.2) is 11.6 Å². The minimum atomic E-state index is -4.68. The quantitative estimate of drug-likeness (QED) is 0.243. The Hall–Kier alpha value is -4.55. The number of ketones is 2. The maximum absolute atomic E-state index is 14.4. The highest BCUT2D eigenvalue weighted by Crippen LogP contribution is 2.29. The summed E-state index contributed by atoms with van der Waals surface area (Å²) in [4.78, 5) is 51.7. The molecule has 1 aliphatic heterocycles. The number of hydrogen-bond acceptors (Lipinski definition) is 7. The average Bonchev–Trinajstić information content (AvgIpc) is 3.49. The highest BCUT2D eigenvalue weighted by Gasteiger charge is 2.40. The number of carbonyl (C=O) groups excluding carboxylic acids is 3. The minimum absolute atomic E-state index is 0.126. The first-order chi connectivity index (χ1) is 19.4. The number of likely N-dealkylation sites (tertiary alicyclic amines) is 1. The first-order valence-corrected chi connectivity index (χ1v) is 12.7. The summed E-state index contributed by atoms with van der Waals surface area (Å²) in [7, 11) is 0. The molecule has 1 aliphatic rings. The maximum Gasteiger partial charge on any atom is 0.433 e. The molecule has 0 saturated carbocycles. The first kappa shape index (κ1) is 28.0. The van der Waals surface area contributed by atoms with Crippen LogP contribution in [0.5, 0.6) is 0 Å². The van der Waals surface area contributed by atoms with E-state index in [0.717, 1.165) is 28.2 Å². The molecule has 0 spiro atoms. The summed E-state index contributed by atoms with van der Waals surface area (Å²) in [6.07, 6.45) is -3.63. The maximum atomic E-state index is 14.4. The molecule has 212 valence electrons. The number of alkyl halides is 4. The van der Waals surface area contributed by atoms with Gasteiger partial charge in [0.1, 0.15) is 29.9 Å². The summed E-state index contributed by atoms with van der Waals surface area (Å²) in [5.41, 5.74) is 0.801. The fraction of sp³-hybridized carbons (Fsp3) is 0.321. The molecule has 2 atom stereocenters. The molecule has 0 unspecified atom stereocenters. The molecule has 13 heteroatoms. The Morgan fingerprint density at radius 1 is 1.05 bits per heavy atom. The predicted molar refractivity (Wildman–Crippen MR) is 138 cm³/mol. The number of pyridine rings is 1. The van der Waals surface area contributed by atoms with Crippen molar-refractivity contribution in [3.8, 4) is 11.1 Å². The highest BCUT2D eigenvalue weighted by atomic mass is 19.4. The topological polar surface area (TPSA) is 111 Å². The summed E-state index contributed by atoms with van der Waals surface area (Å²) in [5, 5.41) is 4.83. The van der Waals surface area contributed by atoms with Gasteiger partial charge in [-0.1, -0.05) is 12.1 Å². The Balaban J connectivity index is 1.39. The van der Waals surface area contributed by atoms with Gasteiger partial charge in [-0.25, -0.2) is 19.3 Å². The van der Waals surface area contributed by atoms with Crippen molar-refractivity contribution in [3.63, 3.8) is 0 Å². The van der Waals surface area contributed by atoms with Crippen LogP contribution in [0.3, 0.4) is 0 Å². The molecule has 9 nitrogen and oxygen atoms in total. The molecule has 4 aromatic rings. The van der Waals surface area contributed by atoms with E-state index in [1.165, 1.54) is 17.7 Å². The van der Waals surface area contributed by atoms with Crippen LogP contribution in [0.4, 0.5) is 17.6 Å². The summed E-state index contributed by atoms with van der Waals surface area (Å²) in [6, 6.07) is 7.24. The molecule has 0 radical (unpaired) electrons. The fourth-order valence-corrected chi connectivity index (χ4v) is 4.90. The van der Waals surface area contributed by atoms with Gasteiger partial charge >= 0.3 is 6.18 Å². The number of nitrogens with zero attached hydrogens (tertiary/aromatic N) is 6. The largest absolute Gasteiger partial charge is 0.433 e. The third-order valence-electron chi connectivity index (χ3n) is 6.88. The number of Topliss-reactive ketones (excluding diaryl/α,β-unsaturated/α-hetero) is 2. The monoisotopic (exact) mass is 568 g/mol. The van der Waals surface area contributed by atoms with Crippen LogP contribution in [-0.4, -0.2) is 65.9 Å². The van der Waals surface area contributed by atoms with Crippen molar-refractivity contribution in [1.82, 2.24) is 29.6 Å². The van der Waals surface area contributed by atoms with Crippen LogP contribution >= 0.6 is 0 Å². The lowest BCUT2D eigenvalue weighted by Crippen LogP contribution is -2.43. The van der Waals surface area contributed by atoms with Crippen molar-refractivity contribution in [2.24, 2.45) is 0 Å². The second kappa shape index (κ2) is 10.8. The van der Waals surface area contributed by atoms with Gasteiger partial charge in [-0.05, 0) is 36.8 Å². The zero-order valence-electron chi connectivity index (χ0n) is 22.0. The number of halogens is 4. The van der Waals surface area contributed by atoms with Crippen molar-refractivity contribution in [2.75, 3.05) is 6.54 Å². The number of aromatic nitrogens is 5. The van der Waals surface area contributed by atoms with Crippen LogP contribution in [-0.2, 0) is 28.7 Å². The SMILES string of the molecule is CC(=O)c1nn(CC(=O)N2C[C@H](F)C[C@H]2C(=O)Cc2cccc(C(F)(F)F)n2)c2ccc(-c3cnc(C)nc3)cc12. The van der Waals surface area contributed by atoms with E-state index in [1.807, 2.05) is 0 Å². The second-order valence-corrected chi connectivity index (χ2v) is 9.86. The van der Waals surface area contributed by atoms with Gasteiger partial charge in [0, 0.05) is 42.4 Å². The van der Waals surface area contributed by atoms with Crippen molar-refractivity contribution < 1.29 is 31.9 Å². The average molecular weight is 569 g/mol. The Kier molecular flexibility index (Phi) is 7.37. The molecule has 0 bridgehead atoms. The number of hydrogen-bond donors (Lipinski definition) is 0. The third-order valence-corrected chi connectivity index (χ3v) is 6.88. The van der Waals surface area contributed by atoms with Gasteiger partial charge in [-0.3, -0.25) is 19.1 Å².